The number of thiophene rings is 1. The number of aryl methyl sites for hydroxylation is 1. The van der Waals surface area contributed by atoms with Gasteiger partial charge in [0.05, 0.1) is 4.92 Å². The molecular weight excluding hydrogens is 260 g/mol. The molecule has 2 rings (SSSR count). The Labute approximate surface area is 116 Å². The van der Waals surface area contributed by atoms with Crippen molar-refractivity contribution in [3.05, 3.63) is 61.8 Å². The van der Waals surface area contributed by atoms with E-state index in [0.717, 1.165) is 5.56 Å². The smallest absolute Gasteiger partial charge is 0.269 e. The largest absolute Gasteiger partial charge is 0.305 e. The number of nitrogens with one attached hydrogen (secondary N) is 1. The van der Waals surface area contributed by atoms with E-state index in [2.05, 4.69) is 31.3 Å². The second kappa shape index (κ2) is 5.95. The van der Waals surface area contributed by atoms with Gasteiger partial charge in [-0.1, -0.05) is 12.1 Å². The summed E-state index contributed by atoms with van der Waals surface area (Å²) in [6, 6.07) is 11.2. The Morgan fingerprint density at radius 3 is 2.79 bits per heavy atom. The van der Waals surface area contributed by atoms with Crippen LogP contribution in [0, 0.1) is 17.0 Å². The maximum absolute atomic E-state index is 10.7. The molecule has 2 aromatic rings. The van der Waals surface area contributed by atoms with Gasteiger partial charge in [0.25, 0.3) is 5.69 Å². The highest BCUT2D eigenvalue weighted by Gasteiger charge is 2.09. The molecule has 0 fully saturated rings. The van der Waals surface area contributed by atoms with Crippen LogP contribution in [0.2, 0.25) is 0 Å². The summed E-state index contributed by atoms with van der Waals surface area (Å²) < 4.78 is 0. The summed E-state index contributed by atoms with van der Waals surface area (Å²) in [6.45, 7) is 4.81. The lowest BCUT2D eigenvalue weighted by Gasteiger charge is -2.12. The van der Waals surface area contributed by atoms with Gasteiger partial charge in [-0.05, 0) is 31.5 Å². The van der Waals surface area contributed by atoms with Gasteiger partial charge in [-0.3, -0.25) is 10.1 Å². The number of hydrogen-bond donors (Lipinski definition) is 1. The fourth-order valence-corrected chi connectivity index (χ4v) is 2.74. The standard InChI is InChI=1S/C14H16N2O2S/c1-10-6-7-14(19-10)11(2)15-9-12-4-3-5-13(8-12)16(17)18/h3-8,11,15H,9H2,1-2H3. The first-order chi connectivity index (χ1) is 9.06. The van der Waals surface area contributed by atoms with Crippen LogP contribution in [0.15, 0.2) is 36.4 Å². The Kier molecular flexibility index (Phi) is 4.29. The van der Waals surface area contributed by atoms with Crippen LogP contribution in [0.4, 0.5) is 5.69 Å². The Morgan fingerprint density at radius 1 is 1.37 bits per heavy atom. The molecule has 1 N–H and O–H groups in total. The molecule has 1 atom stereocenters. The number of benzene rings is 1. The number of rotatable bonds is 5. The van der Waals surface area contributed by atoms with E-state index in [9.17, 15) is 10.1 Å². The Morgan fingerprint density at radius 2 is 2.16 bits per heavy atom. The second-order valence-electron chi connectivity index (χ2n) is 4.48. The molecule has 1 aromatic carbocycles. The van der Waals surface area contributed by atoms with Gasteiger partial charge in [0.2, 0.25) is 0 Å². The number of nitro benzene ring substituents is 1. The van der Waals surface area contributed by atoms with Crippen molar-refractivity contribution < 1.29 is 4.92 Å². The van der Waals surface area contributed by atoms with Gasteiger partial charge >= 0.3 is 0 Å². The summed E-state index contributed by atoms with van der Waals surface area (Å²) in [4.78, 5) is 12.9. The Balaban J connectivity index is 1.98. The molecule has 0 saturated carbocycles. The van der Waals surface area contributed by atoms with E-state index in [4.69, 9.17) is 0 Å². The van der Waals surface area contributed by atoms with Gasteiger partial charge < -0.3 is 5.32 Å². The summed E-state index contributed by atoms with van der Waals surface area (Å²) in [5.74, 6) is 0. The molecule has 0 radical (unpaired) electrons. The van der Waals surface area contributed by atoms with Crippen LogP contribution in [0.1, 0.15) is 28.3 Å². The lowest BCUT2D eigenvalue weighted by Crippen LogP contribution is -2.17. The average molecular weight is 276 g/mol. The van der Waals surface area contributed by atoms with E-state index in [1.165, 1.54) is 15.8 Å². The van der Waals surface area contributed by atoms with Crippen molar-refractivity contribution in [2.45, 2.75) is 26.4 Å². The normalized spacial score (nSPS) is 12.3. The number of hydrogen-bond acceptors (Lipinski definition) is 4. The molecular formula is C14H16N2O2S. The number of non-ortho nitro benzene ring substituents is 1. The maximum Gasteiger partial charge on any atom is 0.269 e. The maximum atomic E-state index is 10.7. The third-order valence-corrected chi connectivity index (χ3v) is 4.11. The van der Waals surface area contributed by atoms with Gasteiger partial charge in [-0.2, -0.15) is 0 Å². The van der Waals surface area contributed by atoms with Crippen molar-refractivity contribution in [2.24, 2.45) is 0 Å². The van der Waals surface area contributed by atoms with E-state index < -0.39 is 0 Å². The minimum atomic E-state index is -0.366. The molecule has 19 heavy (non-hydrogen) atoms. The minimum absolute atomic E-state index is 0.138. The predicted octanol–water partition coefficient (Wildman–Crippen LogP) is 3.82. The van der Waals surface area contributed by atoms with Crippen molar-refractivity contribution in [1.82, 2.24) is 5.32 Å². The van der Waals surface area contributed by atoms with Crippen LogP contribution < -0.4 is 5.32 Å². The summed E-state index contributed by atoms with van der Waals surface area (Å²) in [5, 5.41) is 14.1. The van der Waals surface area contributed by atoms with Crippen molar-refractivity contribution in [3.8, 4) is 0 Å². The summed E-state index contributed by atoms with van der Waals surface area (Å²) in [6.07, 6.45) is 0. The van der Waals surface area contributed by atoms with E-state index in [0.29, 0.717) is 6.54 Å². The Bertz CT molecular complexity index is 580. The monoisotopic (exact) mass is 276 g/mol. The molecule has 5 heteroatoms. The van der Waals surface area contributed by atoms with E-state index >= 15 is 0 Å². The van der Waals surface area contributed by atoms with Gasteiger partial charge in [0.15, 0.2) is 0 Å². The molecule has 0 aliphatic heterocycles. The van der Waals surface area contributed by atoms with Crippen molar-refractivity contribution in [2.75, 3.05) is 0 Å². The topological polar surface area (TPSA) is 55.2 Å². The highest BCUT2D eigenvalue weighted by atomic mass is 32.1. The zero-order valence-electron chi connectivity index (χ0n) is 10.9. The average Bonchev–Trinajstić information content (AvgIpc) is 2.83. The van der Waals surface area contributed by atoms with Crippen molar-refractivity contribution in [3.63, 3.8) is 0 Å². The molecule has 1 aromatic heterocycles. The molecule has 4 nitrogen and oxygen atoms in total. The molecule has 100 valence electrons. The molecule has 1 unspecified atom stereocenters. The van der Waals surface area contributed by atoms with E-state index in [1.54, 1.807) is 23.5 Å². The van der Waals surface area contributed by atoms with Gasteiger partial charge in [-0.25, -0.2) is 0 Å². The lowest BCUT2D eigenvalue weighted by atomic mass is 10.2. The highest BCUT2D eigenvalue weighted by molar-refractivity contribution is 7.12. The molecule has 0 amide bonds. The van der Waals surface area contributed by atoms with Crippen LogP contribution in [-0.4, -0.2) is 4.92 Å². The second-order valence-corrected chi connectivity index (χ2v) is 5.80. The van der Waals surface area contributed by atoms with Crippen LogP contribution in [0.5, 0.6) is 0 Å². The van der Waals surface area contributed by atoms with Crippen molar-refractivity contribution >= 4 is 17.0 Å². The fraction of sp³-hybridized carbons (Fsp3) is 0.286. The quantitative estimate of drug-likeness (QED) is 0.667. The van der Waals surface area contributed by atoms with Crippen LogP contribution in [-0.2, 0) is 6.54 Å². The first-order valence-electron chi connectivity index (χ1n) is 6.09. The lowest BCUT2D eigenvalue weighted by molar-refractivity contribution is -0.384. The number of nitro groups is 1. The number of nitrogens with zero attached hydrogens (tertiary/aromatic N) is 1. The zero-order valence-corrected chi connectivity index (χ0v) is 11.7. The highest BCUT2D eigenvalue weighted by Crippen LogP contribution is 2.22. The molecule has 0 aliphatic carbocycles. The molecule has 0 aliphatic rings. The van der Waals surface area contributed by atoms with Crippen molar-refractivity contribution in [1.29, 1.82) is 0 Å². The minimum Gasteiger partial charge on any atom is -0.305 e. The van der Waals surface area contributed by atoms with Gasteiger partial charge in [0, 0.05) is 34.5 Å². The first kappa shape index (κ1) is 13.7. The fourth-order valence-electron chi connectivity index (χ4n) is 1.84. The van der Waals surface area contributed by atoms with Crippen LogP contribution in [0.25, 0.3) is 0 Å². The third kappa shape index (κ3) is 3.62. The predicted molar refractivity (Wildman–Crippen MR) is 77.4 cm³/mol. The summed E-state index contributed by atoms with van der Waals surface area (Å²) >= 11 is 1.77. The van der Waals surface area contributed by atoms with Crippen LogP contribution >= 0.6 is 11.3 Å². The molecule has 0 spiro atoms. The first-order valence-corrected chi connectivity index (χ1v) is 6.91. The van der Waals surface area contributed by atoms with E-state index in [-0.39, 0.29) is 16.7 Å². The molecule has 1 heterocycles. The third-order valence-electron chi connectivity index (χ3n) is 2.92. The SMILES string of the molecule is Cc1ccc(C(C)NCc2cccc([N+](=O)[O-])c2)s1. The summed E-state index contributed by atoms with van der Waals surface area (Å²) in [7, 11) is 0. The molecule has 0 saturated heterocycles. The summed E-state index contributed by atoms with van der Waals surface area (Å²) in [5.41, 5.74) is 1.06. The Hall–Kier alpha value is -1.72. The van der Waals surface area contributed by atoms with E-state index in [1.807, 2.05) is 6.07 Å². The van der Waals surface area contributed by atoms with Gasteiger partial charge in [0.1, 0.15) is 0 Å². The zero-order chi connectivity index (χ0) is 13.8. The van der Waals surface area contributed by atoms with Gasteiger partial charge in [-0.15, -0.1) is 11.3 Å². The van der Waals surface area contributed by atoms with Crippen LogP contribution in [0.3, 0.4) is 0 Å². The molecule has 0 bridgehead atoms.